The van der Waals surface area contributed by atoms with Crippen LogP contribution in [0.15, 0.2) is 74.8 Å². The molecule has 4 N–H and O–H groups in total. The normalized spacial score (nSPS) is 15.0. The third-order valence-electron chi connectivity index (χ3n) is 3.98. The maximum atomic E-state index is 6.10. The summed E-state index contributed by atoms with van der Waals surface area (Å²) in [6, 6.07) is 16.8. The van der Waals surface area contributed by atoms with E-state index >= 15 is 0 Å². The number of para-hydroxylation sites is 2. The van der Waals surface area contributed by atoms with Gasteiger partial charge in [0.05, 0.1) is 35.4 Å². The first kappa shape index (κ1) is 21.9. The van der Waals surface area contributed by atoms with E-state index < -0.39 is 0 Å². The highest BCUT2D eigenvalue weighted by Gasteiger charge is 2.13. The van der Waals surface area contributed by atoms with Gasteiger partial charge in [-0.2, -0.15) is 10.2 Å². The maximum Gasteiger partial charge on any atom is 0.106 e. The summed E-state index contributed by atoms with van der Waals surface area (Å²) in [6.07, 6.45) is 0. The lowest BCUT2D eigenvalue weighted by molar-refractivity contribution is 0.686. The number of rotatable bonds is 9. The van der Waals surface area contributed by atoms with Crippen LogP contribution in [0.1, 0.15) is 6.92 Å². The molecule has 0 saturated carbocycles. The van der Waals surface area contributed by atoms with Crippen LogP contribution < -0.4 is 11.5 Å². The zero-order valence-corrected chi connectivity index (χ0v) is 17.2. The summed E-state index contributed by atoms with van der Waals surface area (Å²) < 4.78 is 0. The van der Waals surface area contributed by atoms with Crippen molar-refractivity contribution in [3.05, 3.63) is 59.6 Å². The van der Waals surface area contributed by atoms with Crippen LogP contribution in [0.25, 0.3) is 0 Å². The minimum absolute atomic E-state index is 0.0347. The van der Waals surface area contributed by atoms with Gasteiger partial charge in [-0.25, -0.2) is 9.98 Å². The summed E-state index contributed by atoms with van der Waals surface area (Å²) in [6.45, 7) is 2.72. The highest BCUT2D eigenvalue weighted by atomic mass is 35.5. The third kappa shape index (κ3) is 6.94. The molecule has 2 rings (SSSR count). The molecule has 0 bridgehead atoms. The molecule has 8 heteroatoms. The fraction of sp³-hybridized carbons (Fsp3) is 0.300. The van der Waals surface area contributed by atoms with Crippen LogP contribution in [0, 0.1) is 11.8 Å². The first-order chi connectivity index (χ1) is 13.5. The molecule has 0 aliphatic rings. The monoisotopic (exact) mass is 418 g/mol. The Labute approximate surface area is 175 Å². The number of alkyl halides is 1. The molecule has 0 aliphatic heterocycles. The lowest BCUT2D eigenvalue weighted by atomic mass is 10.1. The molecular formula is C20H24Cl2N6. The number of halogens is 2. The second kappa shape index (κ2) is 11.4. The Hall–Kier alpha value is -2.44. The highest BCUT2D eigenvalue weighted by Crippen LogP contribution is 2.24. The molecule has 148 valence electrons. The summed E-state index contributed by atoms with van der Waals surface area (Å²) >= 11 is 12.1. The van der Waals surface area contributed by atoms with Crippen molar-refractivity contribution in [3.63, 3.8) is 0 Å². The molecule has 0 spiro atoms. The van der Waals surface area contributed by atoms with Crippen molar-refractivity contribution in [2.45, 2.75) is 6.92 Å². The van der Waals surface area contributed by atoms with Gasteiger partial charge < -0.3 is 11.5 Å². The highest BCUT2D eigenvalue weighted by molar-refractivity contribution is 6.33. The Balaban J connectivity index is 1.91. The quantitative estimate of drug-likeness (QED) is 0.260. The second-order valence-electron chi connectivity index (χ2n) is 6.26. The van der Waals surface area contributed by atoms with E-state index in [1.807, 2.05) is 49.4 Å². The first-order valence-electron chi connectivity index (χ1n) is 8.88. The van der Waals surface area contributed by atoms with Crippen LogP contribution in [0.5, 0.6) is 0 Å². The topological polar surface area (TPSA) is 101 Å². The third-order valence-corrected chi connectivity index (χ3v) is 4.68. The molecule has 28 heavy (non-hydrogen) atoms. The minimum atomic E-state index is -0.229. The van der Waals surface area contributed by atoms with E-state index in [1.165, 1.54) is 0 Å². The summed E-state index contributed by atoms with van der Waals surface area (Å²) in [5.74, 6) is 0.908. The second-order valence-corrected chi connectivity index (χ2v) is 6.98. The van der Waals surface area contributed by atoms with Crippen LogP contribution in [-0.2, 0) is 0 Å². The fourth-order valence-electron chi connectivity index (χ4n) is 2.19. The molecule has 0 amide bonds. The Morgan fingerprint density at radius 1 is 0.893 bits per heavy atom. The molecule has 6 nitrogen and oxygen atoms in total. The van der Waals surface area contributed by atoms with E-state index in [1.54, 1.807) is 12.1 Å². The summed E-state index contributed by atoms with van der Waals surface area (Å²) in [5.41, 5.74) is 13.5. The number of nitrogens with two attached hydrogens (primary N) is 2. The predicted octanol–water partition coefficient (Wildman–Crippen LogP) is 4.96. The lowest BCUT2D eigenvalue weighted by Gasteiger charge is -2.11. The van der Waals surface area contributed by atoms with Gasteiger partial charge in [-0.3, -0.25) is 0 Å². The molecule has 0 radical (unpaired) electrons. The fourth-order valence-corrected chi connectivity index (χ4v) is 2.62. The van der Waals surface area contributed by atoms with Gasteiger partial charge in [0, 0.05) is 11.8 Å². The van der Waals surface area contributed by atoms with E-state index in [9.17, 15) is 0 Å². The van der Waals surface area contributed by atoms with Gasteiger partial charge >= 0.3 is 0 Å². The molecule has 0 aromatic heterocycles. The van der Waals surface area contributed by atoms with E-state index in [4.69, 9.17) is 34.7 Å². The van der Waals surface area contributed by atoms with E-state index in [0.717, 1.165) is 5.69 Å². The summed E-state index contributed by atoms with van der Waals surface area (Å²) in [5, 5.41) is 8.92. The number of benzene rings is 2. The van der Waals surface area contributed by atoms with Crippen LogP contribution in [0.4, 0.5) is 11.4 Å². The average Bonchev–Trinajstić information content (AvgIpc) is 2.70. The number of amidine groups is 2. The van der Waals surface area contributed by atoms with Gasteiger partial charge in [0.15, 0.2) is 0 Å². The van der Waals surface area contributed by atoms with Gasteiger partial charge in [0.25, 0.3) is 0 Å². The largest absolute Gasteiger partial charge is 0.387 e. The smallest absolute Gasteiger partial charge is 0.106 e. The van der Waals surface area contributed by atoms with Crippen molar-refractivity contribution in [2.75, 3.05) is 19.0 Å². The molecule has 2 atom stereocenters. The van der Waals surface area contributed by atoms with Crippen molar-refractivity contribution in [2.24, 2.45) is 43.5 Å². The Kier molecular flexibility index (Phi) is 8.91. The van der Waals surface area contributed by atoms with Crippen LogP contribution in [-0.4, -0.2) is 30.6 Å². The zero-order valence-electron chi connectivity index (χ0n) is 15.7. The van der Waals surface area contributed by atoms with Crippen molar-refractivity contribution < 1.29 is 0 Å². The number of hydrogen-bond acceptors (Lipinski definition) is 4. The average molecular weight is 419 g/mol. The number of nitrogens with zero attached hydrogens (tertiary/aromatic N) is 4. The van der Waals surface area contributed by atoms with Crippen LogP contribution in [0.2, 0.25) is 5.02 Å². The number of aliphatic imine (C=N–C) groups is 2. The molecule has 2 unspecified atom stereocenters. The Bertz CT molecular complexity index is 836. The standard InChI is InChI=1S/C20H24Cl2N6/c1-14(19(23)27-16-7-3-2-4-8-16)12-25-26-13-15(11-21)20(24)28-18-10-6-5-9-17(18)22/h2-10,14-15H,11-13H2,1H3,(H2,23,27)(H2,24,28). The van der Waals surface area contributed by atoms with E-state index in [2.05, 4.69) is 20.2 Å². The van der Waals surface area contributed by atoms with Gasteiger partial charge in [0.2, 0.25) is 0 Å². The molecule has 0 heterocycles. The first-order valence-corrected chi connectivity index (χ1v) is 9.79. The molecule has 0 saturated heterocycles. The van der Waals surface area contributed by atoms with Gasteiger partial charge in [-0.05, 0) is 24.3 Å². The molecule has 2 aromatic carbocycles. The summed E-state index contributed by atoms with van der Waals surface area (Å²) in [4.78, 5) is 8.75. The van der Waals surface area contributed by atoms with Gasteiger partial charge in [-0.1, -0.05) is 48.9 Å². The Morgan fingerprint density at radius 3 is 2.21 bits per heavy atom. The van der Waals surface area contributed by atoms with Crippen molar-refractivity contribution in [3.8, 4) is 0 Å². The summed E-state index contributed by atoms with van der Waals surface area (Å²) in [7, 11) is 0. The molecule has 0 fully saturated rings. The zero-order chi connectivity index (χ0) is 20.4. The van der Waals surface area contributed by atoms with Gasteiger partial charge in [-0.15, -0.1) is 11.6 Å². The van der Waals surface area contributed by atoms with Crippen molar-refractivity contribution in [1.82, 2.24) is 0 Å². The van der Waals surface area contributed by atoms with E-state index in [-0.39, 0.29) is 17.7 Å². The number of hydrogen-bond donors (Lipinski definition) is 2. The van der Waals surface area contributed by atoms with Gasteiger partial charge in [0.1, 0.15) is 11.7 Å². The van der Waals surface area contributed by atoms with E-state index in [0.29, 0.717) is 35.5 Å². The van der Waals surface area contributed by atoms with Crippen LogP contribution in [0.3, 0.4) is 0 Å². The van der Waals surface area contributed by atoms with Crippen molar-refractivity contribution >= 4 is 46.2 Å². The maximum absolute atomic E-state index is 6.10. The molecular weight excluding hydrogens is 395 g/mol. The lowest BCUT2D eigenvalue weighted by Crippen LogP contribution is -2.27. The molecule has 2 aromatic rings. The SMILES string of the molecule is CC(CN=NCC(CCl)C(N)=Nc1ccccc1Cl)C(N)=Nc1ccccc1. The molecule has 0 aliphatic carbocycles. The minimum Gasteiger partial charge on any atom is -0.387 e. The predicted molar refractivity (Wildman–Crippen MR) is 118 cm³/mol. The van der Waals surface area contributed by atoms with Crippen LogP contribution >= 0.6 is 23.2 Å². The number of azo groups is 1. The van der Waals surface area contributed by atoms with Crippen molar-refractivity contribution in [1.29, 1.82) is 0 Å². The Morgan fingerprint density at radius 2 is 1.54 bits per heavy atom.